The van der Waals surface area contributed by atoms with E-state index in [4.69, 9.17) is 97.3 Å². The Bertz CT molecular complexity index is 4540. The van der Waals surface area contributed by atoms with Crippen molar-refractivity contribution < 1.29 is 131 Å². The minimum Gasteiger partial charge on any atom is -0.748 e. The van der Waals surface area contributed by atoms with Gasteiger partial charge in [-0.2, -0.15) is 0 Å². The molecule has 0 saturated carbocycles. The van der Waals surface area contributed by atoms with Crippen LogP contribution in [0.2, 0.25) is 54.4 Å². The molecule has 1 aromatic rings. The molecular formula is C107H178INO27S2Si3. The number of fused-ring (bicyclic) bond motifs is 7. The summed E-state index contributed by atoms with van der Waals surface area (Å²) in [6.07, 6.45) is 15.8. The summed E-state index contributed by atoms with van der Waals surface area (Å²) in [6.45, 7) is 61.2. The fraction of sp³-hybridized carbons (Fsp3) is 0.832. The molecule has 804 valence electrons. The molecule has 15 saturated heterocycles. The summed E-state index contributed by atoms with van der Waals surface area (Å²) < 4.78 is 178. The van der Waals surface area contributed by atoms with Gasteiger partial charge in [-0.05, 0) is 219 Å². The maximum Gasteiger partial charge on any atom is 0.193 e. The Hall–Kier alpha value is -2.34. The van der Waals surface area contributed by atoms with Gasteiger partial charge >= 0.3 is 0 Å². The molecule has 16 rings (SSSR count). The van der Waals surface area contributed by atoms with E-state index in [0.717, 1.165) is 138 Å². The number of hydrogen-bond acceptors (Lipinski definition) is 27. The van der Waals surface area contributed by atoms with Gasteiger partial charge in [-0.25, -0.2) is 16.8 Å². The number of benzene rings is 1. The van der Waals surface area contributed by atoms with Crippen LogP contribution < -0.4 is 5.73 Å². The molecule has 12 bridgehead atoms. The third kappa shape index (κ3) is 29.4. The van der Waals surface area contributed by atoms with Crippen molar-refractivity contribution in [2.75, 3.05) is 39.4 Å². The monoisotopic (exact) mass is 2180 g/mol. The normalized spacial score (nSPS) is 38.8. The molecule has 141 heavy (non-hydrogen) atoms. The number of sulfone groups is 1. The summed E-state index contributed by atoms with van der Waals surface area (Å²) >= 11 is 2.29. The van der Waals surface area contributed by atoms with Gasteiger partial charge < -0.3 is 110 Å². The number of rotatable bonds is 29. The predicted octanol–water partition coefficient (Wildman–Crippen LogP) is 17.2. The number of ketones is 1. The molecule has 1 aromatic carbocycles. The van der Waals surface area contributed by atoms with Crippen molar-refractivity contribution in [3.05, 3.63) is 89.1 Å². The summed E-state index contributed by atoms with van der Waals surface area (Å²) in [6, 6.07) is 8.67. The molecule has 0 aliphatic carbocycles. The molecule has 1 spiro atoms. The van der Waals surface area contributed by atoms with Gasteiger partial charge in [0.2, 0.25) is 0 Å². The van der Waals surface area contributed by atoms with Crippen LogP contribution in [0.5, 0.6) is 0 Å². The van der Waals surface area contributed by atoms with Crippen LogP contribution in [-0.2, 0) is 114 Å². The van der Waals surface area contributed by atoms with Crippen LogP contribution in [0.1, 0.15) is 251 Å². The first-order valence-electron chi connectivity index (χ1n) is 52.9. The van der Waals surface area contributed by atoms with Gasteiger partial charge in [0.1, 0.15) is 79.7 Å². The van der Waals surface area contributed by atoms with Gasteiger partial charge in [-0.3, -0.25) is 4.79 Å². The molecule has 15 fully saturated rings. The van der Waals surface area contributed by atoms with Crippen LogP contribution >= 0.6 is 22.6 Å². The molecular weight excluding hydrogens is 2010 g/mol. The van der Waals surface area contributed by atoms with E-state index in [1.807, 2.05) is 6.07 Å². The Kier molecular flexibility index (Phi) is 40.9. The number of aliphatic hydroxyl groups is 2. The van der Waals surface area contributed by atoms with Crippen molar-refractivity contribution in [2.45, 2.75) is 499 Å². The van der Waals surface area contributed by atoms with E-state index in [-0.39, 0.29) is 234 Å². The number of aldehydes is 1. The second-order valence-corrected chi connectivity index (χ2v) is 66.5. The quantitative estimate of drug-likeness (QED) is 0.0220. The van der Waals surface area contributed by atoms with E-state index in [9.17, 15) is 28.2 Å². The van der Waals surface area contributed by atoms with Gasteiger partial charge in [0.25, 0.3) is 0 Å². The van der Waals surface area contributed by atoms with E-state index >= 15 is 0 Å². The van der Waals surface area contributed by atoms with E-state index in [1.165, 1.54) is 0 Å². The minimum absolute atomic E-state index is 0.00170. The highest BCUT2D eigenvalue weighted by Crippen LogP contribution is 2.57. The van der Waals surface area contributed by atoms with E-state index in [1.54, 1.807) is 38.5 Å². The highest BCUT2D eigenvalue weighted by molar-refractivity contribution is 14.1. The fourth-order valence-electron chi connectivity index (χ4n) is 23.1. The molecule has 0 aromatic heterocycles. The Morgan fingerprint density at radius 1 is 0.596 bits per heavy atom. The zero-order valence-electron chi connectivity index (χ0n) is 89.0. The minimum atomic E-state index is -3.92. The summed E-state index contributed by atoms with van der Waals surface area (Å²) in [4.78, 5) is 25.9. The van der Waals surface area contributed by atoms with Crippen molar-refractivity contribution in [2.24, 2.45) is 29.6 Å². The number of carbonyl (C=O) groups excluding carboxylic acids is 2. The second-order valence-electron chi connectivity index (χ2n) is 48.0. The summed E-state index contributed by atoms with van der Waals surface area (Å²) in [5.41, 5.74) is 8.29. The highest BCUT2D eigenvalue weighted by Gasteiger charge is 2.70. The Labute approximate surface area is 861 Å². The molecule has 15 aliphatic rings. The number of methoxy groups -OCH3 is 2. The van der Waals surface area contributed by atoms with Gasteiger partial charge in [0, 0.05) is 90.3 Å². The SMILES string of the molecule is C=C1C[C@@H]2CCC34C[C@H]5O[C@H]6[C@@H](O3)[C@H]3OC(CC[C@@H]3O[C@H]6[C@H]5O4)CC(=O)C[C@H]3C(CC4O[C@@H](CCC1O2)C[C@@H](C)C4=C)O[C@H](C[C@H](O)C[NH3+])[C@@H]3OC.C=C1C[C@H](CCCO)O[C@H]1CC[C@H]1C[C@@H](C)C(=C)[C@@H](C[C@@H]2O[C@H](C[C@H](C)CC)[C@H](OC)[C@H]2CS(=O)(=O)c2ccccc2)O1.CC(C)(C)[Si](C)(C)O[C@@H]1[C@H](O[Si](C)(C)C(C)(C)C)[C@H]([C@H](/C=C/I)O[Si](C)(C)C(C)(C)C)O[C@H]2CC[C@H](CC=O)O[C@H]12.CS(=O)(=O)[O-]. The van der Waals surface area contributed by atoms with Gasteiger partial charge in [0.05, 0.1) is 143 Å². The lowest BCUT2D eigenvalue weighted by atomic mass is 9.81. The maximum atomic E-state index is 14.1. The lowest BCUT2D eigenvalue weighted by Gasteiger charge is -2.56. The molecule has 0 radical (unpaired) electrons. The zero-order chi connectivity index (χ0) is 103. The summed E-state index contributed by atoms with van der Waals surface area (Å²) in [7, 11) is -10.8. The van der Waals surface area contributed by atoms with Crippen LogP contribution in [0.3, 0.4) is 0 Å². The predicted molar refractivity (Wildman–Crippen MR) is 557 cm³/mol. The lowest BCUT2D eigenvalue weighted by molar-refractivity contribution is -0.385. The maximum absolute atomic E-state index is 14.1. The molecule has 34 heteroatoms. The smallest absolute Gasteiger partial charge is 0.193 e. The number of ether oxygens (including phenoxy) is 15. The lowest BCUT2D eigenvalue weighted by Crippen LogP contribution is -2.69. The number of Topliss-reactive ketones (excluding diaryl/α,β-unsaturated/α-hetero) is 1. The van der Waals surface area contributed by atoms with Gasteiger partial charge in [-0.15, -0.1) is 0 Å². The third-order valence-corrected chi connectivity index (χ3v) is 50.1. The summed E-state index contributed by atoms with van der Waals surface area (Å²) in [5.74, 6) is -0.199. The average molecular weight is 2190 g/mol. The molecule has 15 heterocycles. The van der Waals surface area contributed by atoms with Crippen LogP contribution in [0, 0.1) is 29.6 Å². The van der Waals surface area contributed by atoms with Crippen LogP contribution in [0.25, 0.3) is 0 Å². The first-order valence-corrected chi connectivity index (χ1v) is 66.3. The Morgan fingerprint density at radius 2 is 1.20 bits per heavy atom. The van der Waals surface area contributed by atoms with Crippen LogP contribution in [0.4, 0.5) is 0 Å². The van der Waals surface area contributed by atoms with Gasteiger partial charge in [0.15, 0.2) is 40.6 Å². The first kappa shape index (κ1) is 117. The molecule has 5 unspecified atom stereocenters. The van der Waals surface area contributed by atoms with E-state index in [0.29, 0.717) is 75.0 Å². The van der Waals surface area contributed by atoms with E-state index < -0.39 is 56.8 Å². The second kappa shape index (κ2) is 49.2. The fourth-order valence-corrected chi connectivity index (χ4v) is 29.0. The largest absolute Gasteiger partial charge is 0.748 e. The van der Waals surface area contributed by atoms with Gasteiger partial charge in [-0.1, -0.05) is 164 Å². The Balaban J connectivity index is 0.000000186. The molecule has 0 amide bonds. The third-order valence-electron chi connectivity index (χ3n) is 34.4. The van der Waals surface area contributed by atoms with Crippen molar-refractivity contribution in [1.82, 2.24) is 0 Å². The van der Waals surface area contributed by atoms with E-state index in [2.05, 4.69) is 194 Å². The van der Waals surface area contributed by atoms with Crippen molar-refractivity contribution in [3.8, 4) is 0 Å². The standard InChI is InChI=1S/C40H59NO11.C35H54O7S.C31H61IO6Si3.CH4O3S/c1-19-11-24-5-7-28-20(2)12-26(45-28)9-10-40-17-33-36(51-40)37-38(50-33)39(52-40)35-29(49-37)8-6-25(47-35)13-22(42)14-27-31(16-30(46-24)21(19)3)48-32(34(27)44-4)15-23(43)18-41;1-7-23(2)18-34-35(39-6)30(22-43(37,38)29-13-9-8-10-14-29)33(42-34)21-32-26(5)24(3)19-28(41-32)15-16-31-25(4)20-27(40-31)12-11-17-36;1-29(2,3)39(10,11)36-24(18-20-32)26-28(38-41(14,15)31(7,8)9)27(37-40(12,13)30(4,5)6)25-23(35-26)17-16-22(34-25)19-21-33;1-5(2,3)4/h19,23-39,43H,2-3,5-18,41H2,1,4H3;8-10,13-14,23-24,27-28,30-36H,4-5,7,11-12,15-22H2,1-3,6H3;18,20-28H,16-17,19H2,1-15H3;1H3,(H,2,3,4)/b;;20-18+;/t19-,23+,24+,25?,26+,27+,28?,29+,30?,31?,32-,33-,34-,35+,36+,37+,38-,39+,40?;23-,24-,27+,28+,30+,31+,32-,33+,34-,35-;22-,23+,24+,25+,26+,27+,28-;/m111./s1. The number of quaternary nitrogens is 1. The topological polar surface area (TPSA) is 360 Å². The van der Waals surface area contributed by atoms with Crippen molar-refractivity contribution in [3.63, 3.8) is 0 Å². The average Bonchev–Trinajstić information content (AvgIpc) is 1.54. The Morgan fingerprint density at radius 3 is 1.84 bits per heavy atom. The molecule has 15 aliphatic heterocycles. The highest BCUT2D eigenvalue weighted by atomic mass is 127. The number of hydrogen-bond donors (Lipinski definition) is 3. The van der Waals surface area contributed by atoms with Crippen molar-refractivity contribution >= 4 is 79.6 Å². The number of carbonyl (C=O) groups is 2. The number of halogens is 1. The molecule has 36 atom stereocenters. The summed E-state index contributed by atoms with van der Waals surface area (Å²) in [5, 5.41) is 19.8. The van der Waals surface area contributed by atoms with Crippen molar-refractivity contribution in [1.29, 1.82) is 0 Å². The number of aliphatic hydroxyl groups excluding tert-OH is 2. The molecule has 28 nitrogen and oxygen atoms in total. The first-order chi connectivity index (χ1) is 66.0. The van der Waals surface area contributed by atoms with Crippen LogP contribution in [0.15, 0.2) is 94.0 Å². The molecule has 5 N–H and O–H groups in total. The van der Waals surface area contributed by atoms with Crippen LogP contribution in [-0.4, -0.2) is 297 Å². The zero-order valence-corrected chi connectivity index (χ0v) is 95.7.